The first kappa shape index (κ1) is 17.1. The number of allylic oxidation sites excluding steroid dienone is 2. The molecule has 1 unspecified atom stereocenters. The normalized spacial score (nSPS) is 16.7. The van der Waals surface area contributed by atoms with E-state index >= 15 is 0 Å². The smallest absolute Gasteiger partial charge is 1.00 e. The van der Waals surface area contributed by atoms with Gasteiger partial charge in [0.2, 0.25) is 0 Å². The molecule has 1 aliphatic rings. The Morgan fingerprint density at radius 2 is 1.86 bits per heavy atom. The summed E-state index contributed by atoms with van der Waals surface area (Å²) in [7, 11) is 0. The molecule has 1 atom stereocenters. The molecule has 1 rings (SSSR count). The summed E-state index contributed by atoms with van der Waals surface area (Å²) in [5, 5.41) is 0. The average molecular weight is 270 g/mol. The Hall–Kier alpha value is 0.734. The second-order valence-corrected chi connectivity index (χ2v) is 4.31. The van der Waals surface area contributed by atoms with Crippen molar-refractivity contribution in [1.29, 1.82) is 0 Å². The van der Waals surface area contributed by atoms with Crippen molar-refractivity contribution in [3.8, 4) is 0 Å². The van der Waals surface area contributed by atoms with E-state index < -0.39 is 0 Å². The van der Waals surface area contributed by atoms with Gasteiger partial charge in [-0.05, 0) is 0 Å². The molecule has 0 heterocycles. The third kappa shape index (κ3) is 5.00. The summed E-state index contributed by atoms with van der Waals surface area (Å²) in [6, 6.07) is 0. The molecule has 4 heteroatoms. The van der Waals surface area contributed by atoms with Crippen LogP contribution in [0.4, 0.5) is 0 Å². The fourth-order valence-electron chi connectivity index (χ4n) is 1.38. The van der Waals surface area contributed by atoms with Crippen LogP contribution in [0.5, 0.6) is 0 Å². The van der Waals surface area contributed by atoms with E-state index in [1.54, 1.807) is 0 Å². The average Bonchev–Trinajstić information content (AvgIpc) is 2.33. The van der Waals surface area contributed by atoms with Gasteiger partial charge in [-0.2, -0.15) is 0 Å². The summed E-state index contributed by atoms with van der Waals surface area (Å²) >= 11 is 2.18. The molecule has 1 nitrogen and oxygen atoms in total. The molecule has 0 aromatic rings. The Balaban J connectivity index is 0. The van der Waals surface area contributed by atoms with Gasteiger partial charge in [-0.3, -0.25) is 0 Å². The first-order valence-electron chi connectivity index (χ1n) is 4.38. The standard InChI is InChI=1S/C10H15O.2ClH.Ti/c1-8(2)11-9(3)10-6-4-5-7-10;;;/h4,6,8-9H,5H2,1-3H3;2*1H;/q;;;+2/p-2. The molecule has 1 aliphatic carbocycles. The molecule has 0 spiro atoms. The summed E-state index contributed by atoms with van der Waals surface area (Å²) in [5.74, 6) is 0. The van der Waals surface area contributed by atoms with E-state index in [1.165, 1.54) is 9.45 Å². The zero-order valence-corrected chi connectivity index (χ0v) is 11.8. The minimum Gasteiger partial charge on any atom is -1.00 e. The van der Waals surface area contributed by atoms with Crippen molar-refractivity contribution in [3.05, 3.63) is 21.6 Å². The van der Waals surface area contributed by atoms with Crippen molar-refractivity contribution in [2.75, 3.05) is 0 Å². The largest absolute Gasteiger partial charge is 1.00 e. The van der Waals surface area contributed by atoms with E-state index in [0.29, 0.717) is 6.10 Å². The van der Waals surface area contributed by atoms with E-state index in [-0.39, 0.29) is 30.9 Å². The minimum absolute atomic E-state index is 0. The summed E-state index contributed by atoms with van der Waals surface area (Å²) < 4.78 is 7.14. The van der Waals surface area contributed by atoms with Crippen LogP contribution in [0.2, 0.25) is 0 Å². The third-order valence-electron chi connectivity index (χ3n) is 1.88. The maximum Gasteiger partial charge on any atom is -1.00 e. The zero-order chi connectivity index (χ0) is 9.14. The molecule has 14 heavy (non-hydrogen) atoms. The Bertz CT molecular complexity index is 224. The van der Waals surface area contributed by atoms with Gasteiger partial charge in [0.25, 0.3) is 0 Å². The SMILES string of the molecule is CC(C)OC(C)C1=[C]([Ti+2])CC=C1.[Cl-].[Cl-]. The van der Waals surface area contributed by atoms with Crippen LogP contribution in [0.3, 0.4) is 0 Å². The first-order chi connectivity index (χ1) is 5.61. The fourth-order valence-corrected chi connectivity index (χ4v) is 2.02. The molecular weight excluding hydrogens is 255 g/mol. The van der Waals surface area contributed by atoms with Gasteiger partial charge in [-0.1, -0.05) is 0 Å². The number of hydrogen-bond donors (Lipinski definition) is 0. The van der Waals surface area contributed by atoms with Crippen LogP contribution in [0, 0.1) is 0 Å². The second-order valence-electron chi connectivity index (χ2n) is 3.37. The van der Waals surface area contributed by atoms with Crippen LogP contribution in [-0.2, 0) is 25.2 Å². The Labute approximate surface area is 111 Å². The maximum atomic E-state index is 5.70. The predicted octanol–water partition coefficient (Wildman–Crippen LogP) is -3.43. The fraction of sp³-hybridized carbons (Fsp3) is 0.600. The molecule has 0 saturated carbocycles. The van der Waals surface area contributed by atoms with Gasteiger partial charge in [0.15, 0.2) is 0 Å². The monoisotopic (exact) mass is 269 g/mol. The van der Waals surface area contributed by atoms with Crippen molar-refractivity contribution >= 4 is 0 Å². The topological polar surface area (TPSA) is 9.23 Å². The molecule has 0 N–H and O–H groups in total. The van der Waals surface area contributed by atoms with E-state index in [9.17, 15) is 0 Å². The number of rotatable bonds is 3. The molecule has 0 amide bonds. The summed E-state index contributed by atoms with van der Waals surface area (Å²) in [6.07, 6.45) is 6.05. The molecule has 0 aromatic carbocycles. The maximum absolute atomic E-state index is 5.70. The van der Waals surface area contributed by atoms with Crippen molar-refractivity contribution in [3.63, 3.8) is 0 Å². The Morgan fingerprint density at radius 3 is 2.21 bits per heavy atom. The molecule has 0 bridgehead atoms. The van der Waals surface area contributed by atoms with Crippen LogP contribution in [0.25, 0.3) is 0 Å². The quantitative estimate of drug-likeness (QED) is 0.485. The molecule has 0 fully saturated rings. The van der Waals surface area contributed by atoms with E-state index in [1.807, 2.05) is 0 Å². The van der Waals surface area contributed by atoms with Crippen LogP contribution >= 0.6 is 0 Å². The Morgan fingerprint density at radius 1 is 1.29 bits per heavy atom. The van der Waals surface area contributed by atoms with E-state index in [2.05, 4.69) is 53.4 Å². The van der Waals surface area contributed by atoms with Gasteiger partial charge < -0.3 is 24.8 Å². The summed E-state index contributed by atoms with van der Waals surface area (Å²) in [6.45, 7) is 6.27. The molecule has 79 valence electrons. The van der Waals surface area contributed by atoms with Crippen LogP contribution < -0.4 is 24.8 Å². The van der Waals surface area contributed by atoms with Gasteiger partial charge in [0, 0.05) is 0 Å². The predicted molar refractivity (Wildman–Crippen MR) is 46.5 cm³/mol. The van der Waals surface area contributed by atoms with Crippen LogP contribution in [0.15, 0.2) is 21.6 Å². The van der Waals surface area contributed by atoms with Gasteiger partial charge in [-0.15, -0.1) is 0 Å². The van der Waals surface area contributed by atoms with E-state index in [4.69, 9.17) is 4.74 Å². The van der Waals surface area contributed by atoms with Gasteiger partial charge in [0.05, 0.1) is 0 Å². The van der Waals surface area contributed by atoms with Gasteiger partial charge >= 0.3 is 86.2 Å². The second kappa shape index (κ2) is 7.95. The molecular formula is C10H15Cl2OTi. The number of halogens is 2. The minimum atomic E-state index is 0. The van der Waals surface area contributed by atoms with Crippen molar-refractivity contribution in [2.45, 2.75) is 39.4 Å². The zero-order valence-electron chi connectivity index (χ0n) is 8.68. The van der Waals surface area contributed by atoms with Crippen molar-refractivity contribution < 1.29 is 50.0 Å². The van der Waals surface area contributed by atoms with Gasteiger partial charge in [0.1, 0.15) is 0 Å². The van der Waals surface area contributed by atoms with Crippen LogP contribution in [-0.4, -0.2) is 12.2 Å². The first-order valence-corrected chi connectivity index (χ1v) is 5.16. The summed E-state index contributed by atoms with van der Waals surface area (Å²) in [4.78, 5) is 0. The molecule has 0 aromatic heterocycles. The molecule has 0 radical (unpaired) electrons. The summed E-state index contributed by atoms with van der Waals surface area (Å²) in [5.41, 5.74) is 1.36. The van der Waals surface area contributed by atoms with Crippen molar-refractivity contribution in [2.24, 2.45) is 0 Å². The third-order valence-corrected chi connectivity index (χ3v) is 2.65. The van der Waals surface area contributed by atoms with Gasteiger partial charge in [-0.25, -0.2) is 0 Å². The molecule has 0 saturated heterocycles. The number of ether oxygens (including phenoxy) is 1. The van der Waals surface area contributed by atoms with Crippen LogP contribution in [0.1, 0.15) is 27.2 Å². The van der Waals surface area contributed by atoms with E-state index in [0.717, 1.165) is 6.42 Å². The van der Waals surface area contributed by atoms with Crippen molar-refractivity contribution in [1.82, 2.24) is 0 Å². The number of hydrogen-bond acceptors (Lipinski definition) is 1. The molecule has 0 aliphatic heterocycles. The Kier molecular flexibility index (Phi) is 9.74.